The zero-order valence-corrected chi connectivity index (χ0v) is 12.2. The third-order valence-electron chi connectivity index (χ3n) is 2.84. The molecular formula is C11H15N3O3S2. The molecule has 0 radical (unpaired) electrons. The molecule has 6 nitrogen and oxygen atoms in total. The van der Waals surface area contributed by atoms with Crippen LogP contribution in [-0.2, 0) is 23.2 Å². The fourth-order valence-corrected chi connectivity index (χ4v) is 3.77. The topological polar surface area (TPSA) is 95.1 Å². The van der Waals surface area contributed by atoms with E-state index in [0.29, 0.717) is 11.3 Å². The number of aryl methyl sites for hydroxylation is 2. The Morgan fingerprint density at radius 3 is 2.79 bits per heavy atom. The Kier molecular flexibility index (Phi) is 4.04. The SMILES string of the molecule is Cc1ccsc1CNS(=O)(=O)c1n[nH]c(C)c1CO. The molecule has 2 heterocycles. The maximum absolute atomic E-state index is 12.1. The van der Waals surface area contributed by atoms with E-state index in [2.05, 4.69) is 14.9 Å². The lowest BCUT2D eigenvalue weighted by Gasteiger charge is -2.05. The molecular weight excluding hydrogens is 286 g/mol. The van der Waals surface area contributed by atoms with Crippen LogP contribution in [0.3, 0.4) is 0 Å². The number of hydrogen-bond donors (Lipinski definition) is 3. The summed E-state index contributed by atoms with van der Waals surface area (Å²) in [7, 11) is -3.72. The van der Waals surface area contributed by atoms with Crippen molar-refractivity contribution in [3.05, 3.63) is 33.1 Å². The van der Waals surface area contributed by atoms with Crippen molar-refractivity contribution in [2.45, 2.75) is 32.0 Å². The van der Waals surface area contributed by atoms with Gasteiger partial charge in [-0.2, -0.15) is 5.10 Å². The number of aliphatic hydroxyl groups is 1. The molecule has 0 fully saturated rings. The van der Waals surface area contributed by atoms with Crippen LogP contribution in [-0.4, -0.2) is 23.7 Å². The van der Waals surface area contributed by atoms with Crippen molar-refractivity contribution in [3.63, 3.8) is 0 Å². The number of nitrogens with one attached hydrogen (secondary N) is 2. The Balaban J connectivity index is 2.21. The van der Waals surface area contributed by atoms with E-state index in [9.17, 15) is 13.5 Å². The van der Waals surface area contributed by atoms with Crippen LogP contribution in [0.4, 0.5) is 0 Å². The first kappa shape index (κ1) is 14.2. The second-order valence-electron chi connectivity index (χ2n) is 4.14. The van der Waals surface area contributed by atoms with Crippen LogP contribution in [0.1, 0.15) is 21.7 Å². The van der Waals surface area contributed by atoms with Crippen LogP contribution in [0.5, 0.6) is 0 Å². The van der Waals surface area contributed by atoms with Crippen molar-refractivity contribution in [3.8, 4) is 0 Å². The molecule has 0 aliphatic heterocycles. The molecule has 2 rings (SSSR count). The summed E-state index contributed by atoms with van der Waals surface area (Å²) in [4.78, 5) is 0.960. The molecule has 0 aliphatic rings. The Labute approximate surface area is 115 Å². The fraction of sp³-hybridized carbons (Fsp3) is 0.364. The summed E-state index contributed by atoms with van der Waals surface area (Å²) < 4.78 is 26.8. The van der Waals surface area contributed by atoms with Gasteiger partial charge in [0.05, 0.1) is 6.61 Å². The van der Waals surface area contributed by atoms with E-state index in [4.69, 9.17) is 0 Å². The van der Waals surface area contributed by atoms with Gasteiger partial charge in [-0.15, -0.1) is 11.3 Å². The number of H-pyrrole nitrogens is 1. The van der Waals surface area contributed by atoms with Gasteiger partial charge in [0, 0.05) is 22.7 Å². The first-order valence-electron chi connectivity index (χ1n) is 5.63. The van der Waals surface area contributed by atoms with E-state index in [1.54, 1.807) is 6.92 Å². The number of aliphatic hydroxyl groups excluding tert-OH is 1. The lowest BCUT2D eigenvalue weighted by Crippen LogP contribution is -2.24. The molecule has 0 saturated heterocycles. The molecule has 19 heavy (non-hydrogen) atoms. The molecule has 0 bridgehead atoms. The minimum absolute atomic E-state index is 0.137. The van der Waals surface area contributed by atoms with E-state index in [0.717, 1.165) is 10.4 Å². The highest BCUT2D eigenvalue weighted by Gasteiger charge is 2.23. The second kappa shape index (κ2) is 5.41. The van der Waals surface area contributed by atoms with Crippen LogP contribution >= 0.6 is 11.3 Å². The van der Waals surface area contributed by atoms with E-state index in [-0.39, 0.29) is 18.2 Å². The van der Waals surface area contributed by atoms with Gasteiger partial charge in [0.15, 0.2) is 5.03 Å². The predicted molar refractivity (Wildman–Crippen MR) is 72.3 cm³/mol. The highest BCUT2D eigenvalue weighted by molar-refractivity contribution is 7.89. The van der Waals surface area contributed by atoms with E-state index in [1.807, 2.05) is 18.4 Å². The molecule has 104 valence electrons. The largest absolute Gasteiger partial charge is 0.392 e. The minimum atomic E-state index is -3.72. The van der Waals surface area contributed by atoms with Crippen molar-refractivity contribution in [1.82, 2.24) is 14.9 Å². The lowest BCUT2D eigenvalue weighted by molar-refractivity contribution is 0.277. The number of hydrogen-bond acceptors (Lipinski definition) is 5. The highest BCUT2D eigenvalue weighted by atomic mass is 32.2. The quantitative estimate of drug-likeness (QED) is 0.769. The summed E-state index contributed by atoms with van der Waals surface area (Å²) in [6.45, 7) is 3.46. The maximum atomic E-state index is 12.1. The minimum Gasteiger partial charge on any atom is -0.392 e. The number of aromatic nitrogens is 2. The number of aromatic amines is 1. The average Bonchev–Trinajstić information content (AvgIpc) is 2.93. The smallest absolute Gasteiger partial charge is 0.260 e. The van der Waals surface area contributed by atoms with Gasteiger partial charge in [0.25, 0.3) is 10.0 Å². The van der Waals surface area contributed by atoms with E-state index < -0.39 is 10.0 Å². The van der Waals surface area contributed by atoms with Crippen molar-refractivity contribution in [2.75, 3.05) is 0 Å². The monoisotopic (exact) mass is 301 g/mol. The third-order valence-corrected chi connectivity index (χ3v) is 5.23. The van der Waals surface area contributed by atoms with E-state index in [1.165, 1.54) is 11.3 Å². The van der Waals surface area contributed by atoms with E-state index >= 15 is 0 Å². The summed E-state index contributed by atoms with van der Waals surface area (Å²) in [5.74, 6) is 0. The summed E-state index contributed by atoms with van der Waals surface area (Å²) in [6, 6.07) is 1.94. The standard InChI is InChI=1S/C11H15N3O3S2/c1-7-3-4-18-10(7)5-12-19(16,17)11-9(6-15)8(2)13-14-11/h3-4,12,15H,5-6H2,1-2H3,(H,13,14). The molecule has 0 unspecified atom stereocenters. The van der Waals surface area contributed by atoms with Crippen LogP contribution in [0.2, 0.25) is 0 Å². The molecule has 8 heteroatoms. The zero-order chi connectivity index (χ0) is 14.0. The van der Waals surface area contributed by atoms with Crippen molar-refractivity contribution in [1.29, 1.82) is 0 Å². The number of rotatable bonds is 5. The normalized spacial score (nSPS) is 11.9. The summed E-state index contributed by atoms with van der Waals surface area (Å²) in [6.07, 6.45) is 0. The number of nitrogens with zero attached hydrogens (tertiary/aromatic N) is 1. The predicted octanol–water partition coefficient (Wildman–Crippen LogP) is 1.06. The molecule has 2 aromatic rings. The third kappa shape index (κ3) is 2.86. The zero-order valence-electron chi connectivity index (χ0n) is 10.6. The first-order chi connectivity index (χ1) is 8.95. The maximum Gasteiger partial charge on any atom is 0.260 e. The van der Waals surface area contributed by atoms with Crippen LogP contribution in [0, 0.1) is 13.8 Å². The Bertz CT molecular complexity index is 673. The lowest BCUT2D eigenvalue weighted by atomic mass is 10.3. The molecule has 0 aliphatic carbocycles. The van der Waals surface area contributed by atoms with Gasteiger partial charge in [-0.3, -0.25) is 5.10 Å². The molecule has 0 aromatic carbocycles. The summed E-state index contributed by atoms with van der Waals surface area (Å²) >= 11 is 1.50. The molecule has 0 saturated carbocycles. The number of thiophene rings is 1. The van der Waals surface area contributed by atoms with Crippen LogP contribution in [0.25, 0.3) is 0 Å². The highest BCUT2D eigenvalue weighted by Crippen LogP contribution is 2.18. The van der Waals surface area contributed by atoms with Gasteiger partial charge in [-0.1, -0.05) is 0 Å². The fourth-order valence-electron chi connectivity index (χ4n) is 1.65. The Morgan fingerprint density at radius 1 is 1.47 bits per heavy atom. The van der Waals surface area contributed by atoms with Gasteiger partial charge >= 0.3 is 0 Å². The molecule has 3 N–H and O–H groups in total. The second-order valence-corrected chi connectivity index (χ2v) is 6.82. The van der Waals surface area contributed by atoms with Gasteiger partial charge in [-0.05, 0) is 30.9 Å². The Hall–Kier alpha value is -1.22. The first-order valence-corrected chi connectivity index (χ1v) is 7.99. The van der Waals surface area contributed by atoms with Gasteiger partial charge in [0.1, 0.15) is 0 Å². The van der Waals surface area contributed by atoms with Crippen molar-refractivity contribution >= 4 is 21.4 Å². The van der Waals surface area contributed by atoms with Crippen molar-refractivity contribution < 1.29 is 13.5 Å². The molecule has 2 aromatic heterocycles. The Morgan fingerprint density at radius 2 is 2.21 bits per heavy atom. The molecule has 0 amide bonds. The average molecular weight is 301 g/mol. The van der Waals surface area contributed by atoms with Gasteiger partial charge in [0.2, 0.25) is 0 Å². The molecule has 0 atom stereocenters. The van der Waals surface area contributed by atoms with Gasteiger partial charge < -0.3 is 5.11 Å². The summed E-state index contributed by atoms with van der Waals surface area (Å²) in [5, 5.41) is 17.3. The van der Waals surface area contributed by atoms with Gasteiger partial charge in [-0.25, -0.2) is 13.1 Å². The van der Waals surface area contributed by atoms with Crippen LogP contribution in [0.15, 0.2) is 16.5 Å². The van der Waals surface area contributed by atoms with Crippen molar-refractivity contribution in [2.24, 2.45) is 0 Å². The summed E-state index contributed by atoms with van der Waals surface area (Å²) in [5.41, 5.74) is 1.90. The number of sulfonamides is 1. The molecule has 0 spiro atoms. The van der Waals surface area contributed by atoms with Crippen LogP contribution < -0.4 is 4.72 Å².